The minimum absolute atomic E-state index is 0.0251. The SMILES string of the molecule is C[C@H](CO)NC(CNC(=O)OC(C)(C)C)Cc1ccccc1. The highest BCUT2D eigenvalue weighted by molar-refractivity contribution is 5.67. The predicted octanol–water partition coefficient (Wildman–Crippen LogP) is 2.09. The summed E-state index contributed by atoms with van der Waals surface area (Å²) in [5.74, 6) is 0. The summed E-state index contributed by atoms with van der Waals surface area (Å²) in [5, 5.41) is 15.3. The molecular formula is C17H28N2O3. The van der Waals surface area contributed by atoms with Crippen molar-refractivity contribution in [2.24, 2.45) is 0 Å². The van der Waals surface area contributed by atoms with E-state index in [-0.39, 0.29) is 18.7 Å². The molecule has 0 aliphatic rings. The Balaban J connectivity index is 2.56. The second kappa shape index (κ2) is 8.76. The second-order valence-corrected chi connectivity index (χ2v) is 6.52. The van der Waals surface area contributed by atoms with Gasteiger partial charge in [0, 0.05) is 18.6 Å². The first-order chi connectivity index (χ1) is 10.3. The van der Waals surface area contributed by atoms with Crippen LogP contribution < -0.4 is 10.6 Å². The Kier molecular flexibility index (Phi) is 7.35. The molecule has 0 saturated carbocycles. The molecule has 0 radical (unpaired) electrons. The van der Waals surface area contributed by atoms with Gasteiger partial charge in [0.1, 0.15) is 5.60 Å². The van der Waals surface area contributed by atoms with E-state index in [1.807, 2.05) is 58.0 Å². The van der Waals surface area contributed by atoms with Crippen LogP contribution in [0.15, 0.2) is 30.3 Å². The third-order valence-corrected chi connectivity index (χ3v) is 3.01. The van der Waals surface area contributed by atoms with Crippen molar-refractivity contribution >= 4 is 6.09 Å². The van der Waals surface area contributed by atoms with Crippen LogP contribution in [0.1, 0.15) is 33.3 Å². The molecule has 0 aliphatic carbocycles. The first-order valence-corrected chi connectivity index (χ1v) is 7.68. The molecule has 1 aromatic rings. The highest BCUT2D eigenvalue weighted by atomic mass is 16.6. The third-order valence-electron chi connectivity index (χ3n) is 3.01. The van der Waals surface area contributed by atoms with Crippen LogP contribution in [0.2, 0.25) is 0 Å². The van der Waals surface area contributed by atoms with Gasteiger partial charge in [0.25, 0.3) is 0 Å². The molecule has 2 atom stereocenters. The molecule has 1 amide bonds. The van der Waals surface area contributed by atoms with Gasteiger partial charge >= 0.3 is 6.09 Å². The summed E-state index contributed by atoms with van der Waals surface area (Å²) in [6.45, 7) is 7.90. The van der Waals surface area contributed by atoms with Gasteiger partial charge in [-0.1, -0.05) is 30.3 Å². The number of amides is 1. The quantitative estimate of drug-likeness (QED) is 0.721. The molecule has 5 heteroatoms. The van der Waals surface area contributed by atoms with Crippen LogP contribution in [0.25, 0.3) is 0 Å². The molecular weight excluding hydrogens is 280 g/mol. The summed E-state index contributed by atoms with van der Waals surface area (Å²) in [6, 6.07) is 10.0. The maximum Gasteiger partial charge on any atom is 0.407 e. The lowest BCUT2D eigenvalue weighted by molar-refractivity contribution is 0.0521. The van der Waals surface area contributed by atoms with Crippen LogP contribution in [0.4, 0.5) is 4.79 Å². The number of benzene rings is 1. The topological polar surface area (TPSA) is 70.6 Å². The van der Waals surface area contributed by atoms with E-state index in [2.05, 4.69) is 10.6 Å². The van der Waals surface area contributed by atoms with Crippen molar-refractivity contribution in [2.75, 3.05) is 13.2 Å². The standard InChI is InChI=1S/C17H28N2O3/c1-13(12-20)19-15(10-14-8-6-5-7-9-14)11-18-16(21)22-17(2,3)4/h5-9,13,15,19-20H,10-12H2,1-4H3,(H,18,21)/t13-,15?/m1/s1. The van der Waals surface area contributed by atoms with Gasteiger partial charge in [0.2, 0.25) is 0 Å². The molecule has 3 N–H and O–H groups in total. The van der Waals surface area contributed by atoms with Gasteiger partial charge in [0.15, 0.2) is 0 Å². The fourth-order valence-electron chi connectivity index (χ4n) is 2.06. The van der Waals surface area contributed by atoms with Gasteiger partial charge in [-0.05, 0) is 39.7 Å². The molecule has 1 aromatic carbocycles. The highest BCUT2D eigenvalue weighted by Gasteiger charge is 2.18. The first kappa shape index (κ1) is 18.5. The Morgan fingerprint density at radius 1 is 1.27 bits per heavy atom. The van der Waals surface area contributed by atoms with Crippen molar-refractivity contribution in [3.05, 3.63) is 35.9 Å². The van der Waals surface area contributed by atoms with Crippen molar-refractivity contribution in [2.45, 2.75) is 51.8 Å². The summed E-state index contributed by atoms with van der Waals surface area (Å²) < 4.78 is 5.24. The minimum atomic E-state index is -0.509. The number of carbonyl (C=O) groups excluding carboxylic acids is 1. The van der Waals surface area contributed by atoms with Crippen LogP contribution in [-0.4, -0.2) is 42.0 Å². The van der Waals surface area contributed by atoms with Crippen LogP contribution in [0.5, 0.6) is 0 Å². The number of aliphatic hydroxyl groups excluding tert-OH is 1. The van der Waals surface area contributed by atoms with E-state index < -0.39 is 11.7 Å². The van der Waals surface area contributed by atoms with Gasteiger partial charge in [-0.25, -0.2) is 4.79 Å². The normalized spacial score (nSPS) is 14.2. The number of rotatable bonds is 7. The zero-order valence-electron chi connectivity index (χ0n) is 13.9. The average molecular weight is 308 g/mol. The predicted molar refractivity (Wildman–Crippen MR) is 87.9 cm³/mol. The fourth-order valence-corrected chi connectivity index (χ4v) is 2.06. The van der Waals surface area contributed by atoms with Crippen molar-refractivity contribution in [1.82, 2.24) is 10.6 Å². The Labute approximate surface area is 133 Å². The maximum atomic E-state index is 11.8. The summed E-state index contributed by atoms with van der Waals surface area (Å²) in [7, 11) is 0. The molecule has 5 nitrogen and oxygen atoms in total. The molecule has 0 bridgehead atoms. The molecule has 0 heterocycles. The van der Waals surface area contributed by atoms with Crippen molar-refractivity contribution in [3.8, 4) is 0 Å². The Morgan fingerprint density at radius 3 is 2.45 bits per heavy atom. The van der Waals surface area contributed by atoms with E-state index in [4.69, 9.17) is 4.74 Å². The van der Waals surface area contributed by atoms with Gasteiger partial charge in [-0.3, -0.25) is 0 Å². The average Bonchev–Trinajstić information content (AvgIpc) is 2.44. The van der Waals surface area contributed by atoms with Crippen LogP contribution in [-0.2, 0) is 11.2 Å². The lowest BCUT2D eigenvalue weighted by Crippen LogP contribution is -2.47. The number of carbonyl (C=O) groups is 1. The summed E-state index contributed by atoms with van der Waals surface area (Å²) >= 11 is 0. The van der Waals surface area contributed by atoms with E-state index in [0.717, 1.165) is 6.42 Å². The first-order valence-electron chi connectivity index (χ1n) is 7.68. The molecule has 1 unspecified atom stereocenters. The van der Waals surface area contributed by atoms with Crippen molar-refractivity contribution in [3.63, 3.8) is 0 Å². The zero-order chi connectivity index (χ0) is 16.6. The summed E-state index contributed by atoms with van der Waals surface area (Å²) in [5.41, 5.74) is 0.668. The van der Waals surface area contributed by atoms with E-state index >= 15 is 0 Å². The molecule has 1 rings (SSSR count). The van der Waals surface area contributed by atoms with Crippen LogP contribution in [0, 0.1) is 0 Å². The number of hydrogen-bond acceptors (Lipinski definition) is 4. The second-order valence-electron chi connectivity index (χ2n) is 6.52. The van der Waals surface area contributed by atoms with E-state index in [1.165, 1.54) is 5.56 Å². The lowest BCUT2D eigenvalue weighted by atomic mass is 10.1. The molecule has 124 valence electrons. The summed E-state index contributed by atoms with van der Waals surface area (Å²) in [4.78, 5) is 11.8. The van der Waals surface area contributed by atoms with Gasteiger partial charge in [0.05, 0.1) is 6.61 Å². The van der Waals surface area contributed by atoms with Gasteiger partial charge < -0.3 is 20.5 Å². The summed E-state index contributed by atoms with van der Waals surface area (Å²) in [6.07, 6.45) is 0.338. The van der Waals surface area contributed by atoms with Crippen molar-refractivity contribution < 1.29 is 14.6 Å². The molecule has 22 heavy (non-hydrogen) atoms. The molecule has 0 aromatic heterocycles. The number of nitrogens with one attached hydrogen (secondary N) is 2. The monoisotopic (exact) mass is 308 g/mol. The Morgan fingerprint density at radius 2 is 1.91 bits per heavy atom. The molecule has 0 aliphatic heterocycles. The van der Waals surface area contributed by atoms with E-state index in [9.17, 15) is 9.90 Å². The van der Waals surface area contributed by atoms with E-state index in [0.29, 0.717) is 6.54 Å². The molecule has 0 fully saturated rings. The van der Waals surface area contributed by atoms with Crippen molar-refractivity contribution in [1.29, 1.82) is 0 Å². The van der Waals surface area contributed by atoms with E-state index in [1.54, 1.807) is 0 Å². The smallest absolute Gasteiger partial charge is 0.407 e. The van der Waals surface area contributed by atoms with Gasteiger partial charge in [-0.2, -0.15) is 0 Å². The lowest BCUT2D eigenvalue weighted by Gasteiger charge is -2.24. The number of ether oxygens (including phenoxy) is 1. The van der Waals surface area contributed by atoms with Crippen LogP contribution in [0.3, 0.4) is 0 Å². The third kappa shape index (κ3) is 8.00. The number of aliphatic hydroxyl groups is 1. The van der Waals surface area contributed by atoms with Crippen LogP contribution >= 0.6 is 0 Å². The molecule has 0 saturated heterocycles. The maximum absolute atomic E-state index is 11.8. The largest absolute Gasteiger partial charge is 0.444 e. The number of alkyl carbamates (subject to hydrolysis) is 1. The fraction of sp³-hybridized carbons (Fsp3) is 0.588. The minimum Gasteiger partial charge on any atom is -0.444 e. The highest BCUT2D eigenvalue weighted by Crippen LogP contribution is 2.07. The number of hydrogen-bond donors (Lipinski definition) is 3. The Bertz CT molecular complexity index is 443. The van der Waals surface area contributed by atoms with Gasteiger partial charge in [-0.15, -0.1) is 0 Å². The zero-order valence-corrected chi connectivity index (χ0v) is 13.9. The molecule has 0 spiro atoms. The Hall–Kier alpha value is -1.59.